The van der Waals surface area contributed by atoms with Crippen molar-refractivity contribution in [1.29, 1.82) is 0 Å². The summed E-state index contributed by atoms with van der Waals surface area (Å²) in [5.74, 6) is -0.587. The lowest BCUT2D eigenvalue weighted by Crippen LogP contribution is -2.04. The van der Waals surface area contributed by atoms with Gasteiger partial charge in [0.2, 0.25) is 0 Å². The number of rotatable bonds is 5. The van der Waals surface area contributed by atoms with Gasteiger partial charge in [0.1, 0.15) is 5.83 Å². The van der Waals surface area contributed by atoms with Crippen LogP contribution < -0.4 is 5.73 Å². The summed E-state index contributed by atoms with van der Waals surface area (Å²) in [6.45, 7) is 9.91. The van der Waals surface area contributed by atoms with E-state index in [0.717, 1.165) is 6.08 Å². The molecule has 0 saturated carbocycles. The largest absolute Gasteiger partial charge is 0.399 e. The van der Waals surface area contributed by atoms with Gasteiger partial charge < -0.3 is 10.6 Å². The molecule has 0 atom stereocenters. The Labute approximate surface area is 76.6 Å². The van der Waals surface area contributed by atoms with Crippen LogP contribution in [0.5, 0.6) is 0 Å². The fourth-order valence-electron chi connectivity index (χ4n) is 0.654. The van der Waals surface area contributed by atoms with Gasteiger partial charge in [0.15, 0.2) is 5.76 Å². The minimum atomic E-state index is -0.664. The van der Waals surface area contributed by atoms with E-state index in [0.29, 0.717) is 0 Å². The molecule has 0 aromatic rings. The molecule has 0 unspecified atom stereocenters. The molecule has 0 saturated heterocycles. The zero-order chi connectivity index (χ0) is 10.4. The minimum absolute atomic E-state index is 0.0776. The van der Waals surface area contributed by atoms with Crippen molar-refractivity contribution < 1.29 is 14.2 Å². The van der Waals surface area contributed by atoms with Gasteiger partial charge >= 0.3 is 0 Å². The highest BCUT2D eigenvalue weighted by molar-refractivity contribution is 5.42. The first kappa shape index (κ1) is 11.4. The molecule has 0 aliphatic carbocycles. The van der Waals surface area contributed by atoms with Crippen molar-refractivity contribution in [1.82, 2.24) is 0 Å². The van der Waals surface area contributed by atoms with Crippen LogP contribution in [0.15, 0.2) is 48.7 Å². The van der Waals surface area contributed by atoms with E-state index < -0.39 is 5.83 Å². The van der Waals surface area contributed by atoms with E-state index in [9.17, 15) is 4.39 Å². The van der Waals surface area contributed by atoms with Gasteiger partial charge in [0, 0.05) is 11.3 Å². The third-order valence-electron chi connectivity index (χ3n) is 1.13. The average molecular weight is 185 g/mol. The van der Waals surface area contributed by atoms with E-state index >= 15 is 0 Å². The van der Waals surface area contributed by atoms with Crippen LogP contribution in [0.25, 0.3) is 0 Å². The molecule has 0 aromatic carbocycles. The van der Waals surface area contributed by atoms with Gasteiger partial charge in [0.25, 0.3) is 0 Å². The van der Waals surface area contributed by atoms with Crippen LogP contribution in [0.3, 0.4) is 0 Å². The Balaban J connectivity index is 4.71. The second-order valence-electron chi connectivity index (χ2n) is 2.20. The lowest BCUT2D eigenvalue weighted by atomic mass is 10.1. The van der Waals surface area contributed by atoms with Gasteiger partial charge in [0.05, 0.1) is 7.11 Å². The molecule has 0 aliphatic rings. The van der Waals surface area contributed by atoms with Crippen molar-refractivity contribution in [3.63, 3.8) is 0 Å². The van der Waals surface area contributed by atoms with Crippen LogP contribution in [0, 0.1) is 0 Å². The monoisotopic (exact) mass is 185 g/mol. The van der Waals surface area contributed by atoms with Crippen LogP contribution in [-0.2, 0) is 9.78 Å². The Morgan fingerprint density at radius 2 is 1.92 bits per heavy atom. The molecule has 3 nitrogen and oxygen atoms in total. The van der Waals surface area contributed by atoms with Crippen LogP contribution in [0.4, 0.5) is 4.39 Å². The maximum absolute atomic E-state index is 12.4. The normalized spacial score (nSPS) is 10.8. The summed E-state index contributed by atoms with van der Waals surface area (Å²) < 4.78 is 12.4. The number of hydrogen-bond donors (Lipinski definition) is 1. The highest BCUT2D eigenvalue weighted by Gasteiger charge is 2.07. The molecule has 0 bridgehead atoms. The van der Waals surface area contributed by atoms with E-state index in [2.05, 4.69) is 29.5 Å². The highest BCUT2D eigenvalue weighted by atomic mass is 19.1. The lowest BCUT2D eigenvalue weighted by molar-refractivity contribution is -0.233. The Bertz CT molecular complexity index is 269. The molecule has 0 aromatic heterocycles. The summed E-state index contributed by atoms with van der Waals surface area (Å²) in [6, 6.07) is 0. The number of halogens is 1. The maximum atomic E-state index is 12.4. The third kappa shape index (κ3) is 4.12. The van der Waals surface area contributed by atoms with Crippen LogP contribution in [-0.4, -0.2) is 7.11 Å². The van der Waals surface area contributed by atoms with E-state index in [1.54, 1.807) is 0 Å². The summed E-state index contributed by atoms with van der Waals surface area (Å²) >= 11 is 0. The van der Waals surface area contributed by atoms with E-state index in [1.165, 1.54) is 7.11 Å². The standard InChI is InChI=1S/C9H12FNO2/c1-6(10)5-9(7(2)11)8(3)13-12-4/h5H,1-3,11H2,4H3/b9-5-. The Kier molecular flexibility index (Phi) is 4.54. The molecule has 0 radical (unpaired) electrons. The fourth-order valence-corrected chi connectivity index (χ4v) is 0.654. The van der Waals surface area contributed by atoms with Crippen molar-refractivity contribution in [3.8, 4) is 0 Å². The quantitative estimate of drug-likeness (QED) is 0.308. The maximum Gasteiger partial charge on any atom is 0.167 e. The van der Waals surface area contributed by atoms with Gasteiger partial charge in [-0.3, -0.25) is 0 Å². The molecular formula is C9H12FNO2. The molecule has 2 N–H and O–H groups in total. The lowest BCUT2D eigenvalue weighted by Gasteiger charge is -2.08. The molecule has 0 amide bonds. The number of hydrogen-bond acceptors (Lipinski definition) is 3. The molecular weight excluding hydrogens is 173 g/mol. The molecule has 13 heavy (non-hydrogen) atoms. The van der Waals surface area contributed by atoms with Gasteiger partial charge in [-0.15, -0.1) is 0 Å². The minimum Gasteiger partial charge on any atom is -0.399 e. The molecule has 0 spiro atoms. The van der Waals surface area contributed by atoms with E-state index in [1.807, 2.05) is 0 Å². The topological polar surface area (TPSA) is 44.5 Å². The summed E-state index contributed by atoms with van der Waals surface area (Å²) in [7, 11) is 1.30. The van der Waals surface area contributed by atoms with Crippen LogP contribution in [0.2, 0.25) is 0 Å². The smallest absolute Gasteiger partial charge is 0.167 e. The Morgan fingerprint density at radius 3 is 2.23 bits per heavy atom. The molecule has 4 heteroatoms. The summed E-state index contributed by atoms with van der Waals surface area (Å²) in [4.78, 5) is 8.88. The van der Waals surface area contributed by atoms with Gasteiger partial charge in [-0.05, 0) is 6.08 Å². The Morgan fingerprint density at radius 1 is 1.38 bits per heavy atom. The molecule has 0 fully saturated rings. The van der Waals surface area contributed by atoms with Gasteiger partial charge in [-0.1, -0.05) is 19.7 Å². The van der Waals surface area contributed by atoms with E-state index in [4.69, 9.17) is 5.73 Å². The van der Waals surface area contributed by atoms with Crippen molar-refractivity contribution >= 4 is 0 Å². The van der Waals surface area contributed by atoms with Crippen molar-refractivity contribution in [2.45, 2.75) is 0 Å². The van der Waals surface area contributed by atoms with Crippen LogP contribution in [0.1, 0.15) is 0 Å². The highest BCUT2D eigenvalue weighted by Crippen LogP contribution is 2.16. The second-order valence-corrected chi connectivity index (χ2v) is 2.20. The Hall–Kier alpha value is -1.55. The zero-order valence-electron chi connectivity index (χ0n) is 7.47. The molecule has 0 heterocycles. The average Bonchev–Trinajstić information content (AvgIpc) is 1.99. The predicted octanol–water partition coefficient (Wildman–Crippen LogP) is 1.96. The van der Waals surface area contributed by atoms with Gasteiger partial charge in [-0.2, -0.15) is 4.89 Å². The number of nitrogens with two attached hydrogens (primary N) is 1. The predicted molar refractivity (Wildman–Crippen MR) is 48.9 cm³/mol. The first-order valence-corrected chi connectivity index (χ1v) is 3.39. The van der Waals surface area contributed by atoms with Crippen LogP contribution >= 0.6 is 0 Å². The van der Waals surface area contributed by atoms with Crippen molar-refractivity contribution in [3.05, 3.63) is 48.7 Å². The number of allylic oxidation sites excluding steroid dienone is 2. The molecule has 0 aliphatic heterocycles. The van der Waals surface area contributed by atoms with Crippen molar-refractivity contribution in [2.24, 2.45) is 5.73 Å². The molecule has 0 rings (SSSR count). The first-order chi connectivity index (χ1) is 5.99. The molecule has 72 valence electrons. The second kappa shape index (κ2) is 5.16. The zero-order valence-corrected chi connectivity index (χ0v) is 7.47. The fraction of sp³-hybridized carbons (Fsp3) is 0.111. The SMILES string of the molecule is C=C(F)/C=C(/C(=C)N)C(=C)OOC. The first-order valence-electron chi connectivity index (χ1n) is 3.39. The summed E-state index contributed by atoms with van der Waals surface area (Å²) in [5.41, 5.74) is 5.69. The van der Waals surface area contributed by atoms with E-state index in [-0.39, 0.29) is 17.0 Å². The summed E-state index contributed by atoms with van der Waals surface area (Å²) in [5, 5.41) is 0. The third-order valence-corrected chi connectivity index (χ3v) is 1.13. The summed E-state index contributed by atoms with van der Waals surface area (Å²) in [6.07, 6.45) is 1.06. The van der Waals surface area contributed by atoms with Gasteiger partial charge in [-0.25, -0.2) is 4.39 Å². The van der Waals surface area contributed by atoms with Crippen molar-refractivity contribution in [2.75, 3.05) is 7.11 Å².